The molecule has 1 N–H and O–H groups in total. The van der Waals surface area contributed by atoms with Crippen LogP contribution in [0.4, 0.5) is 0 Å². The molecular weight excluding hydrogens is 212 g/mol. The van der Waals surface area contributed by atoms with E-state index in [1.807, 2.05) is 7.05 Å². The molecule has 0 saturated carbocycles. The van der Waals surface area contributed by atoms with Gasteiger partial charge in [0.25, 0.3) is 0 Å². The highest BCUT2D eigenvalue weighted by atomic mass is 15.2. The molecule has 0 bridgehead atoms. The molecule has 1 fully saturated rings. The van der Waals surface area contributed by atoms with E-state index in [0.717, 1.165) is 13.0 Å². The third-order valence-electron chi connectivity index (χ3n) is 3.90. The van der Waals surface area contributed by atoms with Gasteiger partial charge in [-0.25, -0.2) is 0 Å². The molecule has 1 aliphatic heterocycles. The maximum Gasteiger partial charge on any atom is 0.0962 e. The van der Waals surface area contributed by atoms with Crippen LogP contribution in [0.15, 0.2) is 0 Å². The molecule has 0 radical (unpaired) electrons. The fourth-order valence-corrected chi connectivity index (χ4v) is 2.47. The fraction of sp³-hybridized carbons (Fsp3) is 0.923. The summed E-state index contributed by atoms with van der Waals surface area (Å²) in [5, 5.41) is 11.9. The minimum Gasteiger partial charge on any atom is -0.305 e. The molecule has 4 nitrogen and oxygen atoms in total. The van der Waals surface area contributed by atoms with Crippen molar-refractivity contribution >= 4 is 0 Å². The molecule has 98 valence electrons. The van der Waals surface area contributed by atoms with E-state index in [4.69, 9.17) is 5.26 Å². The highest BCUT2D eigenvalue weighted by Gasteiger charge is 2.21. The van der Waals surface area contributed by atoms with Gasteiger partial charge in [-0.1, -0.05) is 6.92 Å². The molecule has 0 spiro atoms. The lowest BCUT2D eigenvalue weighted by atomic mass is 10.0. The van der Waals surface area contributed by atoms with Gasteiger partial charge in [-0.05, 0) is 53.0 Å². The molecule has 0 aliphatic carbocycles. The molecule has 1 rings (SSSR count). The van der Waals surface area contributed by atoms with E-state index in [0.29, 0.717) is 6.04 Å². The standard InChI is InChI=1S/C13H26N4/c1-4-17-9-6-13(7-10-17)16(3)8-5-12(11-14)15-2/h12-13,15H,4-10H2,1-3H3. The Morgan fingerprint density at radius 1 is 1.47 bits per heavy atom. The topological polar surface area (TPSA) is 42.3 Å². The maximum atomic E-state index is 8.88. The maximum absolute atomic E-state index is 8.88. The summed E-state index contributed by atoms with van der Waals surface area (Å²) in [6.45, 7) is 6.86. The summed E-state index contributed by atoms with van der Waals surface area (Å²) in [6.07, 6.45) is 3.44. The number of nitrogens with zero attached hydrogens (tertiary/aromatic N) is 3. The lowest BCUT2D eigenvalue weighted by Gasteiger charge is -2.36. The molecule has 1 unspecified atom stereocenters. The van der Waals surface area contributed by atoms with Gasteiger partial charge in [0.1, 0.15) is 0 Å². The number of nitrogens with one attached hydrogen (secondary N) is 1. The normalized spacial score (nSPS) is 20.4. The van der Waals surface area contributed by atoms with E-state index in [1.54, 1.807) is 0 Å². The molecule has 0 aromatic carbocycles. The van der Waals surface area contributed by atoms with Crippen molar-refractivity contribution in [3.63, 3.8) is 0 Å². The van der Waals surface area contributed by atoms with Gasteiger partial charge in [0.05, 0.1) is 12.1 Å². The van der Waals surface area contributed by atoms with Gasteiger partial charge in [-0.3, -0.25) is 0 Å². The minimum absolute atomic E-state index is 0.00631. The summed E-state index contributed by atoms with van der Waals surface area (Å²) in [6, 6.07) is 2.98. The van der Waals surface area contributed by atoms with Gasteiger partial charge < -0.3 is 15.1 Å². The van der Waals surface area contributed by atoms with Crippen molar-refractivity contribution in [2.45, 2.75) is 38.3 Å². The van der Waals surface area contributed by atoms with Gasteiger partial charge in [0, 0.05) is 12.6 Å². The lowest BCUT2D eigenvalue weighted by molar-refractivity contribution is 0.129. The van der Waals surface area contributed by atoms with Crippen LogP contribution in [0.2, 0.25) is 0 Å². The molecule has 1 heterocycles. The van der Waals surface area contributed by atoms with E-state index in [2.05, 4.69) is 35.2 Å². The average molecular weight is 238 g/mol. The van der Waals surface area contributed by atoms with Gasteiger partial charge in [0.2, 0.25) is 0 Å². The predicted molar refractivity (Wildman–Crippen MR) is 70.8 cm³/mol. The Kier molecular flexibility index (Phi) is 6.49. The second kappa shape index (κ2) is 7.65. The van der Waals surface area contributed by atoms with E-state index >= 15 is 0 Å². The van der Waals surface area contributed by atoms with Gasteiger partial charge >= 0.3 is 0 Å². The van der Waals surface area contributed by atoms with Crippen molar-refractivity contribution in [1.29, 1.82) is 5.26 Å². The van der Waals surface area contributed by atoms with Crippen LogP contribution in [-0.4, -0.2) is 62.2 Å². The van der Waals surface area contributed by atoms with E-state index < -0.39 is 0 Å². The summed E-state index contributed by atoms with van der Waals surface area (Å²) in [5.41, 5.74) is 0. The van der Waals surface area contributed by atoms with Crippen LogP contribution < -0.4 is 5.32 Å². The highest BCUT2D eigenvalue weighted by Crippen LogP contribution is 2.15. The van der Waals surface area contributed by atoms with Crippen LogP contribution in [-0.2, 0) is 0 Å². The van der Waals surface area contributed by atoms with Crippen molar-refractivity contribution in [3.8, 4) is 6.07 Å². The van der Waals surface area contributed by atoms with Crippen LogP contribution >= 0.6 is 0 Å². The van der Waals surface area contributed by atoms with Crippen LogP contribution in [0, 0.1) is 11.3 Å². The van der Waals surface area contributed by atoms with Crippen LogP contribution in [0.3, 0.4) is 0 Å². The number of piperidine rings is 1. The zero-order valence-electron chi connectivity index (χ0n) is 11.4. The van der Waals surface area contributed by atoms with E-state index in [9.17, 15) is 0 Å². The first kappa shape index (κ1) is 14.4. The average Bonchev–Trinajstić information content (AvgIpc) is 2.39. The number of hydrogen-bond donors (Lipinski definition) is 1. The number of hydrogen-bond acceptors (Lipinski definition) is 4. The van der Waals surface area contributed by atoms with Crippen molar-refractivity contribution < 1.29 is 0 Å². The first-order chi connectivity index (χ1) is 8.21. The zero-order chi connectivity index (χ0) is 12.7. The quantitative estimate of drug-likeness (QED) is 0.747. The van der Waals surface area contributed by atoms with Gasteiger partial charge in [0.15, 0.2) is 0 Å². The lowest BCUT2D eigenvalue weighted by Crippen LogP contribution is -2.44. The molecule has 0 aromatic rings. The Balaban J connectivity index is 2.25. The summed E-state index contributed by atoms with van der Waals surface area (Å²) in [4.78, 5) is 4.94. The Hall–Kier alpha value is -0.630. The Morgan fingerprint density at radius 2 is 2.12 bits per heavy atom. The Morgan fingerprint density at radius 3 is 2.59 bits per heavy atom. The summed E-state index contributed by atoms with van der Waals surface area (Å²) >= 11 is 0. The van der Waals surface area contributed by atoms with Gasteiger partial charge in [-0.15, -0.1) is 0 Å². The number of likely N-dealkylation sites (tertiary alicyclic amines) is 1. The fourth-order valence-electron chi connectivity index (χ4n) is 2.47. The Bertz CT molecular complexity index is 240. The zero-order valence-corrected chi connectivity index (χ0v) is 11.4. The molecule has 1 saturated heterocycles. The van der Waals surface area contributed by atoms with E-state index in [1.165, 1.54) is 32.5 Å². The summed E-state index contributed by atoms with van der Waals surface area (Å²) < 4.78 is 0. The summed E-state index contributed by atoms with van der Waals surface area (Å²) in [5.74, 6) is 0. The van der Waals surface area contributed by atoms with E-state index in [-0.39, 0.29) is 6.04 Å². The van der Waals surface area contributed by atoms with Crippen LogP contribution in [0.1, 0.15) is 26.2 Å². The predicted octanol–water partition coefficient (Wildman–Crippen LogP) is 0.904. The van der Waals surface area contributed by atoms with Crippen LogP contribution in [0.5, 0.6) is 0 Å². The Labute approximate surface area is 106 Å². The molecule has 1 atom stereocenters. The second-order valence-corrected chi connectivity index (χ2v) is 4.91. The van der Waals surface area contributed by atoms with Crippen LogP contribution in [0.25, 0.3) is 0 Å². The molecule has 0 aromatic heterocycles. The third-order valence-corrected chi connectivity index (χ3v) is 3.90. The molecule has 17 heavy (non-hydrogen) atoms. The second-order valence-electron chi connectivity index (χ2n) is 4.91. The van der Waals surface area contributed by atoms with Crippen molar-refractivity contribution in [2.24, 2.45) is 0 Å². The molecule has 1 aliphatic rings. The smallest absolute Gasteiger partial charge is 0.0962 e. The minimum atomic E-state index is -0.00631. The number of nitriles is 1. The van der Waals surface area contributed by atoms with Gasteiger partial charge in [-0.2, -0.15) is 5.26 Å². The summed E-state index contributed by atoms with van der Waals surface area (Å²) in [7, 11) is 4.05. The van der Waals surface area contributed by atoms with Crippen molar-refractivity contribution in [3.05, 3.63) is 0 Å². The first-order valence-corrected chi connectivity index (χ1v) is 6.70. The molecule has 0 amide bonds. The molecule has 4 heteroatoms. The SMILES string of the molecule is CCN1CCC(N(C)CCC(C#N)NC)CC1. The van der Waals surface area contributed by atoms with Crippen molar-refractivity contribution in [1.82, 2.24) is 15.1 Å². The highest BCUT2D eigenvalue weighted by molar-refractivity contribution is 4.89. The monoisotopic (exact) mass is 238 g/mol. The third kappa shape index (κ3) is 4.63. The largest absolute Gasteiger partial charge is 0.305 e. The van der Waals surface area contributed by atoms with Crippen molar-refractivity contribution in [2.75, 3.05) is 40.3 Å². The molecular formula is C13H26N4. The first-order valence-electron chi connectivity index (χ1n) is 6.70. The number of rotatable bonds is 6.